The van der Waals surface area contributed by atoms with Crippen molar-refractivity contribution >= 4 is 17.0 Å². The van der Waals surface area contributed by atoms with Crippen molar-refractivity contribution in [1.29, 1.82) is 0 Å². The van der Waals surface area contributed by atoms with E-state index in [4.69, 9.17) is 16.9 Å². The molecule has 0 bridgehead atoms. The van der Waals surface area contributed by atoms with Crippen LogP contribution in [0.1, 0.15) is 6.23 Å². The van der Waals surface area contributed by atoms with E-state index in [1.165, 1.54) is 17.2 Å². The summed E-state index contributed by atoms with van der Waals surface area (Å²) in [5, 5.41) is 30.3. The van der Waals surface area contributed by atoms with Crippen LogP contribution in [0.2, 0.25) is 0 Å². The maximum absolute atomic E-state index is 13.4. The Morgan fingerprint density at radius 2 is 2.22 bits per heavy atom. The summed E-state index contributed by atoms with van der Waals surface area (Å²) in [5.74, 6) is 2.10. The zero-order valence-corrected chi connectivity index (χ0v) is 11.8. The number of ether oxygens (including phenoxy) is 1. The highest BCUT2D eigenvalue weighted by Crippen LogP contribution is 2.45. The molecule has 1 saturated heterocycles. The fraction of sp³-hybridized carbons (Fsp3) is 0.462. The van der Waals surface area contributed by atoms with Gasteiger partial charge in [0.2, 0.25) is 0 Å². The van der Waals surface area contributed by atoms with Crippen LogP contribution in [-0.4, -0.2) is 65.4 Å². The molecule has 1 aliphatic rings. The smallest absolute Gasteiger partial charge is 0.199 e. The highest BCUT2D eigenvalue weighted by molar-refractivity contribution is 5.81. The third-order valence-electron chi connectivity index (χ3n) is 4.00. The number of nitrogens with zero attached hydrogens (tertiary/aromatic N) is 4. The van der Waals surface area contributed by atoms with Crippen molar-refractivity contribution < 1.29 is 24.4 Å². The van der Waals surface area contributed by atoms with Gasteiger partial charge >= 0.3 is 0 Å². The van der Waals surface area contributed by atoms with Gasteiger partial charge in [0.1, 0.15) is 24.6 Å². The third-order valence-corrected chi connectivity index (χ3v) is 4.00. The second kappa shape index (κ2) is 5.10. The van der Waals surface area contributed by atoms with Crippen molar-refractivity contribution in [2.45, 2.75) is 23.5 Å². The molecule has 4 atom stereocenters. The topological polar surface area (TPSA) is 140 Å². The number of rotatable bonds is 3. The first-order valence-electron chi connectivity index (χ1n) is 6.59. The first kappa shape index (κ1) is 15.6. The van der Waals surface area contributed by atoms with E-state index < -0.39 is 36.8 Å². The van der Waals surface area contributed by atoms with E-state index in [1.54, 1.807) is 0 Å². The van der Waals surface area contributed by atoms with Crippen molar-refractivity contribution in [2.24, 2.45) is 0 Å². The van der Waals surface area contributed by atoms with Gasteiger partial charge < -0.3 is 25.8 Å². The molecule has 1 fully saturated rings. The number of anilines is 1. The summed E-state index contributed by atoms with van der Waals surface area (Å²) in [6.07, 6.45) is 4.43. The number of aliphatic hydroxyl groups is 3. The molecule has 1 aliphatic heterocycles. The summed E-state index contributed by atoms with van der Waals surface area (Å²) in [7, 11) is 0. The Bertz CT molecular complexity index is 786. The van der Waals surface area contributed by atoms with Crippen molar-refractivity contribution in [1.82, 2.24) is 19.5 Å². The predicted octanol–water partition coefficient (Wildman–Crippen LogP) is -1.64. The van der Waals surface area contributed by atoms with Gasteiger partial charge in [-0.05, 0) is 0 Å². The average molecular weight is 323 g/mol. The van der Waals surface area contributed by atoms with Crippen LogP contribution in [0, 0.1) is 12.3 Å². The number of hydrogen-bond acceptors (Lipinski definition) is 8. The molecule has 3 heterocycles. The molecule has 0 radical (unpaired) electrons. The average Bonchev–Trinajstić information content (AvgIpc) is 3.08. The van der Waals surface area contributed by atoms with Gasteiger partial charge in [0.05, 0.1) is 12.9 Å². The van der Waals surface area contributed by atoms with Crippen LogP contribution in [0.15, 0.2) is 12.7 Å². The van der Waals surface area contributed by atoms with E-state index in [9.17, 15) is 19.7 Å². The lowest BCUT2D eigenvalue weighted by Crippen LogP contribution is -2.53. The Morgan fingerprint density at radius 1 is 1.48 bits per heavy atom. The molecular formula is C13H14FN5O4. The van der Waals surface area contributed by atoms with Gasteiger partial charge in [-0.15, -0.1) is 6.42 Å². The molecule has 0 amide bonds. The van der Waals surface area contributed by atoms with E-state index >= 15 is 0 Å². The van der Waals surface area contributed by atoms with Gasteiger partial charge in [-0.2, -0.15) is 0 Å². The molecule has 0 aliphatic carbocycles. The molecule has 23 heavy (non-hydrogen) atoms. The number of fused-ring (bicyclic) bond motifs is 1. The molecular weight excluding hydrogens is 309 g/mol. The Kier molecular flexibility index (Phi) is 3.46. The molecule has 2 aromatic rings. The standard InChI is InChI=1S/C13H14FN5O4/c1-2-13(22)10(21)12(3-14,4-20)23-11(13)19-6-18-7-8(15)16-5-17-9(7)19/h1,5-6,10-11,20-22H,3-4H2,(H2,15,16,17). The van der Waals surface area contributed by atoms with Crippen LogP contribution in [0.25, 0.3) is 11.2 Å². The van der Waals surface area contributed by atoms with Crippen molar-refractivity contribution in [3.8, 4) is 12.3 Å². The maximum atomic E-state index is 13.4. The lowest BCUT2D eigenvalue weighted by atomic mass is 9.87. The largest absolute Gasteiger partial charge is 0.393 e. The van der Waals surface area contributed by atoms with Gasteiger partial charge in [-0.3, -0.25) is 4.57 Å². The number of nitrogen functional groups attached to an aromatic ring is 1. The first-order chi connectivity index (χ1) is 10.9. The minimum absolute atomic E-state index is 0.0930. The number of aromatic nitrogens is 4. The van der Waals surface area contributed by atoms with E-state index in [1.807, 2.05) is 5.92 Å². The molecule has 0 spiro atoms. The normalized spacial score (nSPS) is 33.9. The summed E-state index contributed by atoms with van der Waals surface area (Å²) in [6, 6.07) is 0. The summed E-state index contributed by atoms with van der Waals surface area (Å²) in [5.41, 5.74) is 1.73. The third kappa shape index (κ3) is 1.91. The summed E-state index contributed by atoms with van der Waals surface area (Å²) in [6.45, 7) is -2.14. The maximum Gasteiger partial charge on any atom is 0.199 e. The summed E-state index contributed by atoms with van der Waals surface area (Å²) in [4.78, 5) is 11.8. The van der Waals surface area contributed by atoms with Crippen molar-refractivity contribution in [3.63, 3.8) is 0 Å². The fourth-order valence-electron chi connectivity index (χ4n) is 2.64. The Labute approximate surface area is 129 Å². The number of hydrogen-bond donors (Lipinski definition) is 4. The number of terminal acetylenes is 1. The molecule has 4 unspecified atom stereocenters. The van der Waals surface area contributed by atoms with Crippen LogP contribution < -0.4 is 5.73 Å². The summed E-state index contributed by atoms with van der Waals surface area (Å²) >= 11 is 0. The van der Waals surface area contributed by atoms with Crippen LogP contribution in [0.3, 0.4) is 0 Å². The number of nitrogens with two attached hydrogens (primary N) is 1. The Hall–Kier alpha value is -2.32. The molecule has 9 nitrogen and oxygen atoms in total. The molecule has 0 saturated carbocycles. The predicted molar refractivity (Wildman–Crippen MR) is 75.4 cm³/mol. The van der Waals surface area contributed by atoms with Crippen LogP contribution in [0.4, 0.5) is 10.2 Å². The van der Waals surface area contributed by atoms with Gasteiger partial charge in [0.25, 0.3) is 0 Å². The zero-order chi connectivity index (χ0) is 16.8. The minimum Gasteiger partial charge on any atom is -0.393 e. The number of aliphatic hydroxyl groups excluding tert-OH is 2. The number of imidazole rings is 1. The monoisotopic (exact) mass is 323 g/mol. The zero-order valence-electron chi connectivity index (χ0n) is 11.8. The lowest BCUT2D eigenvalue weighted by molar-refractivity contribution is -0.137. The molecule has 122 valence electrons. The highest BCUT2D eigenvalue weighted by atomic mass is 19.1. The Balaban J connectivity index is 2.18. The van der Waals surface area contributed by atoms with E-state index in [0.717, 1.165) is 0 Å². The van der Waals surface area contributed by atoms with Gasteiger partial charge in [0, 0.05) is 0 Å². The summed E-state index contributed by atoms with van der Waals surface area (Å²) < 4.78 is 20.0. The van der Waals surface area contributed by atoms with E-state index in [0.29, 0.717) is 0 Å². The molecule has 3 rings (SSSR count). The second-order valence-electron chi connectivity index (χ2n) is 5.28. The van der Waals surface area contributed by atoms with Crippen LogP contribution in [0.5, 0.6) is 0 Å². The quantitative estimate of drug-likeness (QED) is 0.493. The molecule has 10 heteroatoms. The lowest BCUT2D eigenvalue weighted by Gasteiger charge is -2.28. The molecule has 2 aromatic heterocycles. The fourth-order valence-corrected chi connectivity index (χ4v) is 2.64. The number of alkyl halides is 1. The minimum atomic E-state index is -2.30. The van der Waals surface area contributed by atoms with Crippen LogP contribution in [-0.2, 0) is 4.74 Å². The number of halogens is 1. The SMILES string of the molecule is C#CC1(O)C(n2cnc3c(N)ncnc32)OC(CO)(CF)C1O. The van der Waals surface area contributed by atoms with Crippen molar-refractivity contribution in [3.05, 3.63) is 12.7 Å². The first-order valence-corrected chi connectivity index (χ1v) is 6.59. The van der Waals surface area contributed by atoms with E-state index in [-0.39, 0.29) is 17.0 Å². The van der Waals surface area contributed by atoms with Gasteiger partial charge in [-0.1, -0.05) is 5.92 Å². The molecule has 5 N–H and O–H groups in total. The second-order valence-corrected chi connectivity index (χ2v) is 5.28. The van der Waals surface area contributed by atoms with Crippen molar-refractivity contribution in [2.75, 3.05) is 19.0 Å². The van der Waals surface area contributed by atoms with E-state index in [2.05, 4.69) is 15.0 Å². The highest BCUT2D eigenvalue weighted by Gasteiger charge is 2.64. The van der Waals surface area contributed by atoms with Gasteiger partial charge in [-0.25, -0.2) is 19.3 Å². The van der Waals surface area contributed by atoms with Crippen LogP contribution >= 0.6 is 0 Å². The van der Waals surface area contributed by atoms with Gasteiger partial charge in [0.15, 0.2) is 28.9 Å². The Morgan fingerprint density at radius 3 is 2.83 bits per heavy atom. The molecule has 0 aromatic carbocycles.